The molecular formula is C17H27N3O3. The van der Waals surface area contributed by atoms with Gasteiger partial charge in [0.1, 0.15) is 0 Å². The van der Waals surface area contributed by atoms with E-state index in [1.165, 1.54) is 12.8 Å². The van der Waals surface area contributed by atoms with E-state index in [9.17, 15) is 4.79 Å². The number of nitrogens with one attached hydrogen (secondary N) is 1. The monoisotopic (exact) mass is 321 g/mol. The molecule has 6 heteroatoms. The summed E-state index contributed by atoms with van der Waals surface area (Å²) in [7, 11) is 0. The lowest BCUT2D eigenvalue weighted by Gasteiger charge is -2.33. The molecule has 2 saturated heterocycles. The van der Waals surface area contributed by atoms with Crippen LogP contribution in [0.15, 0.2) is 4.42 Å². The fourth-order valence-corrected chi connectivity index (χ4v) is 3.40. The van der Waals surface area contributed by atoms with Gasteiger partial charge in [-0.3, -0.25) is 4.79 Å². The summed E-state index contributed by atoms with van der Waals surface area (Å²) in [5.41, 5.74) is 0.676. The number of oxazole rings is 1. The number of hydrogen-bond acceptors (Lipinski definition) is 5. The van der Waals surface area contributed by atoms with Crippen LogP contribution in [0.25, 0.3) is 0 Å². The van der Waals surface area contributed by atoms with E-state index >= 15 is 0 Å². The highest BCUT2D eigenvalue weighted by Gasteiger charge is 2.26. The van der Waals surface area contributed by atoms with Crippen molar-refractivity contribution in [1.29, 1.82) is 0 Å². The fraction of sp³-hybridized carbons (Fsp3) is 0.765. The highest BCUT2D eigenvalue weighted by atomic mass is 16.5. The van der Waals surface area contributed by atoms with Crippen molar-refractivity contribution in [3.8, 4) is 0 Å². The number of aryl methyl sites for hydroxylation is 2. The molecule has 3 rings (SSSR count). The summed E-state index contributed by atoms with van der Waals surface area (Å²) in [6.45, 7) is 7.76. The van der Waals surface area contributed by atoms with Crippen molar-refractivity contribution >= 4 is 5.91 Å². The number of ether oxygens (including phenoxy) is 1. The number of amides is 1. The molecule has 2 aliphatic rings. The Balaban J connectivity index is 1.46. The molecule has 2 aliphatic heterocycles. The van der Waals surface area contributed by atoms with Crippen molar-refractivity contribution < 1.29 is 13.9 Å². The largest absolute Gasteiger partial charge is 0.435 e. The van der Waals surface area contributed by atoms with Crippen LogP contribution in [0.2, 0.25) is 0 Å². The SMILES string of the molecule is CCc1nc(C)c(C(=O)NC2CCN(CC3CCCO3)CC2)o1. The van der Waals surface area contributed by atoms with Crippen LogP contribution < -0.4 is 5.32 Å². The van der Waals surface area contributed by atoms with Gasteiger partial charge in [0, 0.05) is 38.7 Å². The summed E-state index contributed by atoms with van der Waals surface area (Å²) in [6, 6.07) is 0.220. The Bertz CT molecular complexity index is 529. The lowest BCUT2D eigenvalue weighted by molar-refractivity contribution is 0.0609. The molecule has 0 aliphatic carbocycles. The molecule has 0 radical (unpaired) electrons. The Morgan fingerprint density at radius 1 is 1.35 bits per heavy atom. The van der Waals surface area contributed by atoms with Crippen LogP contribution >= 0.6 is 0 Å². The molecule has 0 bridgehead atoms. The zero-order valence-corrected chi connectivity index (χ0v) is 14.1. The van der Waals surface area contributed by atoms with Gasteiger partial charge in [-0.2, -0.15) is 0 Å². The van der Waals surface area contributed by atoms with Gasteiger partial charge in [0.15, 0.2) is 5.89 Å². The average Bonchev–Trinajstić information content (AvgIpc) is 3.18. The van der Waals surface area contributed by atoms with E-state index in [1.807, 2.05) is 13.8 Å². The summed E-state index contributed by atoms with van der Waals surface area (Å²) >= 11 is 0. The van der Waals surface area contributed by atoms with Crippen molar-refractivity contribution in [1.82, 2.24) is 15.2 Å². The first-order valence-corrected chi connectivity index (χ1v) is 8.76. The molecule has 1 atom stereocenters. The third kappa shape index (κ3) is 4.12. The lowest BCUT2D eigenvalue weighted by Crippen LogP contribution is -2.46. The Hall–Kier alpha value is -1.40. The van der Waals surface area contributed by atoms with Gasteiger partial charge in [-0.05, 0) is 32.6 Å². The van der Waals surface area contributed by atoms with E-state index in [1.54, 1.807) is 0 Å². The van der Waals surface area contributed by atoms with Gasteiger partial charge in [-0.15, -0.1) is 0 Å². The predicted octanol–water partition coefficient (Wildman–Crippen LogP) is 1.92. The van der Waals surface area contributed by atoms with Gasteiger partial charge >= 0.3 is 0 Å². The summed E-state index contributed by atoms with van der Waals surface area (Å²) in [5.74, 6) is 0.856. The van der Waals surface area contributed by atoms with Crippen molar-refractivity contribution in [3.05, 3.63) is 17.3 Å². The fourth-order valence-electron chi connectivity index (χ4n) is 3.40. The van der Waals surface area contributed by atoms with Crippen molar-refractivity contribution in [2.24, 2.45) is 0 Å². The van der Waals surface area contributed by atoms with Crippen molar-refractivity contribution in [3.63, 3.8) is 0 Å². The van der Waals surface area contributed by atoms with Crippen LogP contribution in [-0.4, -0.2) is 54.2 Å². The minimum Gasteiger partial charge on any atom is -0.435 e. The minimum absolute atomic E-state index is 0.132. The van der Waals surface area contributed by atoms with Gasteiger partial charge in [0.2, 0.25) is 5.76 Å². The normalized spacial score (nSPS) is 23.3. The number of rotatable bonds is 5. The van der Waals surface area contributed by atoms with Crippen LogP contribution in [0, 0.1) is 6.92 Å². The standard InChI is InChI=1S/C17H27N3O3/c1-3-15-18-12(2)16(23-15)17(21)19-13-6-8-20(9-7-13)11-14-5-4-10-22-14/h13-14H,3-11H2,1-2H3,(H,19,21). The van der Waals surface area contributed by atoms with Crippen LogP contribution in [0.3, 0.4) is 0 Å². The van der Waals surface area contributed by atoms with Gasteiger partial charge < -0.3 is 19.4 Å². The third-order valence-corrected chi connectivity index (χ3v) is 4.76. The summed E-state index contributed by atoms with van der Waals surface area (Å²) < 4.78 is 11.2. The number of piperidine rings is 1. The molecule has 1 aromatic heterocycles. The average molecular weight is 321 g/mol. The minimum atomic E-state index is -0.132. The van der Waals surface area contributed by atoms with E-state index in [4.69, 9.17) is 9.15 Å². The molecular weight excluding hydrogens is 294 g/mol. The molecule has 0 saturated carbocycles. The van der Waals surface area contributed by atoms with Crippen molar-refractivity contribution in [2.75, 3.05) is 26.2 Å². The smallest absolute Gasteiger partial charge is 0.289 e. The predicted molar refractivity (Wildman–Crippen MR) is 86.5 cm³/mol. The maximum Gasteiger partial charge on any atom is 0.289 e. The van der Waals surface area contributed by atoms with Crippen LogP contribution in [-0.2, 0) is 11.2 Å². The third-order valence-electron chi connectivity index (χ3n) is 4.76. The van der Waals surface area contributed by atoms with Crippen LogP contribution in [0.1, 0.15) is 54.7 Å². The van der Waals surface area contributed by atoms with E-state index in [2.05, 4.69) is 15.2 Å². The Morgan fingerprint density at radius 2 is 2.13 bits per heavy atom. The number of aromatic nitrogens is 1. The first-order chi connectivity index (χ1) is 11.2. The second-order valence-corrected chi connectivity index (χ2v) is 6.56. The summed E-state index contributed by atoms with van der Waals surface area (Å²) in [6.07, 6.45) is 5.44. The van der Waals surface area contributed by atoms with Gasteiger partial charge in [0.05, 0.1) is 11.8 Å². The molecule has 0 aromatic carbocycles. The second-order valence-electron chi connectivity index (χ2n) is 6.56. The number of carbonyl (C=O) groups excluding carboxylic acids is 1. The van der Waals surface area contributed by atoms with E-state index in [0.717, 1.165) is 39.1 Å². The van der Waals surface area contributed by atoms with E-state index in [-0.39, 0.29) is 11.9 Å². The van der Waals surface area contributed by atoms with Crippen LogP contribution in [0.5, 0.6) is 0 Å². The highest BCUT2D eigenvalue weighted by Crippen LogP contribution is 2.18. The topological polar surface area (TPSA) is 67.6 Å². The Morgan fingerprint density at radius 3 is 2.74 bits per heavy atom. The Labute approximate surface area is 137 Å². The molecule has 23 heavy (non-hydrogen) atoms. The number of carbonyl (C=O) groups is 1. The van der Waals surface area contributed by atoms with Crippen LogP contribution in [0.4, 0.5) is 0 Å². The van der Waals surface area contributed by atoms with E-state index in [0.29, 0.717) is 29.9 Å². The number of nitrogens with zero attached hydrogens (tertiary/aromatic N) is 2. The number of hydrogen-bond donors (Lipinski definition) is 1. The summed E-state index contributed by atoms with van der Waals surface area (Å²) in [5, 5.41) is 3.10. The molecule has 128 valence electrons. The molecule has 2 fully saturated rings. The zero-order valence-electron chi connectivity index (χ0n) is 14.1. The Kier molecular flexibility index (Phi) is 5.33. The zero-order chi connectivity index (χ0) is 16.2. The summed E-state index contributed by atoms with van der Waals surface area (Å²) in [4.78, 5) is 19.1. The maximum absolute atomic E-state index is 12.3. The van der Waals surface area contributed by atoms with Gasteiger partial charge in [0.25, 0.3) is 5.91 Å². The first kappa shape index (κ1) is 16.5. The van der Waals surface area contributed by atoms with Gasteiger partial charge in [-0.1, -0.05) is 6.92 Å². The molecule has 1 unspecified atom stereocenters. The number of likely N-dealkylation sites (tertiary alicyclic amines) is 1. The highest BCUT2D eigenvalue weighted by molar-refractivity contribution is 5.92. The van der Waals surface area contributed by atoms with Gasteiger partial charge in [-0.25, -0.2) is 4.98 Å². The molecule has 3 heterocycles. The lowest BCUT2D eigenvalue weighted by atomic mass is 10.0. The molecule has 1 N–H and O–H groups in total. The quantitative estimate of drug-likeness (QED) is 0.897. The molecule has 1 amide bonds. The van der Waals surface area contributed by atoms with Crippen molar-refractivity contribution in [2.45, 2.75) is 58.1 Å². The maximum atomic E-state index is 12.3. The molecule has 6 nitrogen and oxygen atoms in total. The molecule has 1 aromatic rings. The molecule has 0 spiro atoms. The van der Waals surface area contributed by atoms with E-state index < -0.39 is 0 Å². The second kappa shape index (κ2) is 7.45. The first-order valence-electron chi connectivity index (χ1n) is 8.76.